The minimum absolute atomic E-state index is 0.167. The molecule has 2 aromatic carbocycles. The maximum atomic E-state index is 13.4. The van der Waals surface area contributed by atoms with E-state index < -0.39 is 31.9 Å². The zero-order valence-corrected chi connectivity index (χ0v) is 26.0. The second-order valence-corrected chi connectivity index (χ2v) is 13.2. The van der Waals surface area contributed by atoms with Crippen LogP contribution in [0.4, 0.5) is 17.2 Å². The number of fused-ring (bicyclic) bond motifs is 1. The summed E-state index contributed by atoms with van der Waals surface area (Å²) in [4.78, 5) is 41.8. The Morgan fingerprint density at radius 2 is 1.84 bits per heavy atom. The fraction of sp³-hybridized carbons (Fsp3) is 0.312. The van der Waals surface area contributed by atoms with Crippen LogP contribution in [0.1, 0.15) is 37.1 Å². The van der Waals surface area contributed by atoms with E-state index in [1.807, 2.05) is 48.6 Å². The molecule has 1 saturated heterocycles. The number of hydrogen-bond acceptors (Lipinski definition) is 10. The lowest BCUT2D eigenvalue weighted by atomic mass is 10.0. The molecule has 45 heavy (non-hydrogen) atoms. The lowest BCUT2D eigenvalue weighted by molar-refractivity contribution is -0.135. The molecule has 0 bridgehead atoms. The van der Waals surface area contributed by atoms with E-state index in [1.54, 1.807) is 12.1 Å². The molecule has 13 heteroatoms. The van der Waals surface area contributed by atoms with Gasteiger partial charge in [0.05, 0.1) is 12.9 Å². The highest BCUT2D eigenvalue weighted by Gasteiger charge is 2.50. The number of benzene rings is 2. The average Bonchev–Trinajstić information content (AvgIpc) is 3.59. The number of carbonyl (C=O) groups excluding carboxylic acids is 1. The van der Waals surface area contributed by atoms with Gasteiger partial charge in [0.1, 0.15) is 37.5 Å². The maximum Gasteiger partial charge on any atom is 0.187 e. The second kappa shape index (κ2) is 13.7. The Bertz CT molecular complexity index is 1760. The summed E-state index contributed by atoms with van der Waals surface area (Å²) in [5, 5.41) is 11.2. The molecule has 5 rings (SSSR count). The van der Waals surface area contributed by atoms with Crippen LogP contribution < -0.4 is 10.6 Å². The van der Waals surface area contributed by atoms with Crippen LogP contribution in [-0.2, 0) is 14.1 Å². The van der Waals surface area contributed by atoms with Gasteiger partial charge < -0.3 is 29.9 Å². The first-order valence-corrected chi connectivity index (χ1v) is 16.8. The number of nitrogens with zero attached hydrogens (tertiary/aromatic N) is 6. The Labute approximate surface area is 261 Å². The van der Waals surface area contributed by atoms with Gasteiger partial charge in [-0.15, -0.1) is 0 Å². The van der Waals surface area contributed by atoms with E-state index in [-0.39, 0.29) is 18.0 Å². The number of carbonyl (C=O) groups is 1. The zero-order valence-electron chi connectivity index (χ0n) is 25.1. The van der Waals surface area contributed by atoms with E-state index >= 15 is 0 Å². The van der Waals surface area contributed by atoms with Crippen molar-refractivity contribution in [2.75, 3.05) is 30.4 Å². The van der Waals surface area contributed by atoms with Crippen LogP contribution in [-0.4, -0.2) is 79.7 Å². The number of nitrogen functional groups attached to an aromatic ring is 1. The Morgan fingerprint density at radius 1 is 1.18 bits per heavy atom. The number of Topliss-reactive ketones (excluding diaryl/α,β-unsaturated/α-hetero) is 1. The van der Waals surface area contributed by atoms with E-state index in [1.165, 1.54) is 23.9 Å². The van der Waals surface area contributed by atoms with Gasteiger partial charge in [-0.05, 0) is 36.6 Å². The third-order valence-corrected chi connectivity index (χ3v) is 8.22. The third kappa shape index (κ3) is 7.48. The summed E-state index contributed by atoms with van der Waals surface area (Å²) in [6.07, 6.45) is 6.50. The Balaban J connectivity index is 1.21. The summed E-state index contributed by atoms with van der Waals surface area (Å²) >= 11 is 0. The molecule has 0 saturated carbocycles. The molecule has 0 radical (unpaired) electrons. The van der Waals surface area contributed by atoms with Gasteiger partial charge in [0.15, 0.2) is 29.2 Å². The van der Waals surface area contributed by atoms with E-state index in [0.717, 1.165) is 23.4 Å². The quantitative estimate of drug-likeness (QED) is 0.116. The smallest absolute Gasteiger partial charge is 0.187 e. The van der Waals surface area contributed by atoms with Crippen LogP contribution >= 0.6 is 7.34 Å². The lowest BCUT2D eigenvalue weighted by Gasteiger charge is -2.25. The molecule has 1 fully saturated rings. The van der Waals surface area contributed by atoms with Crippen molar-refractivity contribution >= 4 is 59.9 Å². The van der Waals surface area contributed by atoms with Crippen molar-refractivity contribution < 1.29 is 24.1 Å². The number of aromatic nitrogens is 4. The standard InChI is InChI=1S/C32H36N7O5P/c1-5-38(24-16-12-22(13-17-24)9-8-21-10-14-23(34-2)15-11-21)18-6-7-25(40)28-27(41)29(44-45(3,4)42)32(43-28)39-20-37-26-30(33)35-19-36-31(26)39/h8-17,19-20,27-29,32,41-42H,3,5-7,18H2,1,4H3,(H2,33,35,36)/b9-8+/t27-,28-,29-,32-,45?/m1/s1. The van der Waals surface area contributed by atoms with Gasteiger partial charge in [-0.2, -0.15) is 0 Å². The van der Waals surface area contributed by atoms with Crippen LogP contribution in [0.2, 0.25) is 0 Å². The lowest BCUT2D eigenvalue weighted by Crippen LogP contribution is -2.37. The predicted octanol–water partition coefficient (Wildman–Crippen LogP) is 4.55. The topological polar surface area (TPSA) is 153 Å². The largest absolute Gasteiger partial charge is 0.387 e. The van der Waals surface area contributed by atoms with E-state index in [0.29, 0.717) is 29.8 Å². The maximum absolute atomic E-state index is 13.4. The minimum Gasteiger partial charge on any atom is -0.387 e. The van der Waals surface area contributed by atoms with Gasteiger partial charge in [-0.1, -0.05) is 54.8 Å². The first kappa shape index (κ1) is 32.0. The summed E-state index contributed by atoms with van der Waals surface area (Å²) in [6, 6.07) is 15.6. The van der Waals surface area contributed by atoms with E-state index in [2.05, 4.69) is 37.9 Å². The summed E-state index contributed by atoms with van der Waals surface area (Å²) in [6.45, 7) is 11.9. The summed E-state index contributed by atoms with van der Waals surface area (Å²) in [5.41, 5.74) is 10.3. The molecule has 12 nitrogen and oxygen atoms in total. The van der Waals surface area contributed by atoms with Gasteiger partial charge >= 0.3 is 0 Å². The summed E-state index contributed by atoms with van der Waals surface area (Å²) < 4.78 is 13.4. The summed E-state index contributed by atoms with van der Waals surface area (Å²) in [5.74, 6) is -0.102. The number of aliphatic hydroxyl groups excluding tert-OH is 1. The number of anilines is 2. The zero-order chi connectivity index (χ0) is 32.1. The molecule has 2 aromatic heterocycles. The highest BCUT2D eigenvalue weighted by Crippen LogP contribution is 2.45. The molecule has 5 atom stereocenters. The highest BCUT2D eigenvalue weighted by molar-refractivity contribution is 7.62. The van der Waals surface area contributed by atoms with Crippen molar-refractivity contribution in [2.24, 2.45) is 0 Å². The molecular formula is C32H36N7O5P. The minimum atomic E-state index is -3.08. The Morgan fingerprint density at radius 3 is 2.47 bits per heavy atom. The molecule has 4 N–H and O–H groups in total. The van der Waals surface area contributed by atoms with Crippen LogP contribution in [0.25, 0.3) is 28.2 Å². The third-order valence-electron chi connectivity index (χ3n) is 7.52. The Hall–Kier alpha value is -4.37. The molecular weight excluding hydrogens is 593 g/mol. The van der Waals surface area contributed by atoms with Gasteiger partial charge in [0.25, 0.3) is 0 Å². The number of imidazole rings is 1. The highest BCUT2D eigenvalue weighted by atomic mass is 31.2. The van der Waals surface area contributed by atoms with Crippen molar-refractivity contribution in [3.05, 3.63) is 83.7 Å². The fourth-order valence-electron chi connectivity index (χ4n) is 5.28. The van der Waals surface area contributed by atoms with Gasteiger partial charge in [-0.25, -0.2) is 19.8 Å². The average molecular weight is 630 g/mol. The predicted molar refractivity (Wildman–Crippen MR) is 177 cm³/mol. The van der Waals surface area contributed by atoms with Crippen molar-refractivity contribution in [2.45, 2.75) is 44.3 Å². The molecule has 0 aliphatic carbocycles. The number of nitrogens with two attached hydrogens (primary N) is 1. The van der Waals surface area contributed by atoms with Crippen LogP contribution in [0, 0.1) is 6.57 Å². The van der Waals surface area contributed by atoms with E-state index in [9.17, 15) is 14.8 Å². The van der Waals surface area contributed by atoms with Gasteiger partial charge in [0.2, 0.25) is 0 Å². The normalized spacial score (nSPS) is 21.1. The van der Waals surface area contributed by atoms with Crippen molar-refractivity contribution in [3.8, 4) is 0 Å². The number of hydrogen-bond donors (Lipinski definition) is 3. The molecule has 3 heterocycles. The van der Waals surface area contributed by atoms with Crippen molar-refractivity contribution in [1.29, 1.82) is 0 Å². The van der Waals surface area contributed by atoms with Crippen molar-refractivity contribution in [3.63, 3.8) is 0 Å². The van der Waals surface area contributed by atoms with Gasteiger partial charge in [0, 0.05) is 31.9 Å². The number of aliphatic hydroxyl groups is 1. The SMILES string of the molecule is [C-]#[N+]c1ccc(/C=C/c2ccc(N(CC)CCCC(=O)[C@H]3O[C@@H](n4cnc5c(N)ncnc54)[C@H](OP(=C)(C)O)[C@@H]3O)cc2)cc1. The molecule has 234 valence electrons. The summed E-state index contributed by atoms with van der Waals surface area (Å²) in [7, 11) is -3.08. The van der Waals surface area contributed by atoms with E-state index in [4.69, 9.17) is 21.6 Å². The van der Waals surface area contributed by atoms with Crippen LogP contribution in [0.15, 0.2) is 61.2 Å². The van der Waals surface area contributed by atoms with Gasteiger partial charge in [-0.3, -0.25) is 9.36 Å². The molecule has 1 unspecified atom stereocenters. The molecule has 0 amide bonds. The number of ketones is 1. The number of rotatable bonds is 12. The first-order valence-electron chi connectivity index (χ1n) is 14.5. The first-order chi connectivity index (χ1) is 21.6. The van der Waals surface area contributed by atoms with Crippen LogP contribution in [0.5, 0.6) is 0 Å². The molecule has 1 aliphatic rings. The molecule has 1 aliphatic heterocycles. The fourth-order valence-corrected chi connectivity index (χ4v) is 6.03. The monoisotopic (exact) mass is 629 g/mol. The molecule has 4 aromatic rings. The van der Waals surface area contributed by atoms with Crippen molar-refractivity contribution in [1.82, 2.24) is 19.5 Å². The second-order valence-electron chi connectivity index (χ2n) is 10.9. The van der Waals surface area contributed by atoms with Crippen LogP contribution in [0.3, 0.4) is 0 Å². The molecule has 0 spiro atoms. The Kier molecular flexibility index (Phi) is 9.77. The number of ether oxygens (including phenoxy) is 1.